The van der Waals surface area contributed by atoms with E-state index in [4.69, 9.17) is 5.73 Å². The number of halogens is 1. The Labute approximate surface area is 90.2 Å². The molecule has 0 aliphatic heterocycles. The van der Waals surface area contributed by atoms with E-state index in [9.17, 15) is 4.79 Å². The molecule has 14 heavy (non-hydrogen) atoms. The Morgan fingerprint density at radius 2 is 2.36 bits per heavy atom. The van der Waals surface area contributed by atoms with Gasteiger partial charge in [0, 0.05) is 19.0 Å². The normalized spacial score (nSPS) is 9.86. The van der Waals surface area contributed by atoms with Crippen molar-refractivity contribution in [3.8, 4) is 0 Å². The minimum atomic E-state index is -0.331. The van der Waals surface area contributed by atoms with Crippen LogP contribution in [0.3, 0.4) is 0 Å². The van der Waals surface area contributed by atoms with Crippen LogP contribution in [-0.4, -0.2) is 22.4 Å². The van der Waals surface area contributed by atoms with Crippen molar-refractivity contribution in [2.75, 3.05) is 11.9 Å². The van der Waals surface area contributed by atoms with Crippen LogP contribution in [0, 0.1) is 6.92 Å². The van der Waals surface area contributed by atoms with E-state index in [1.54, 1.807) is 13.0 Å². The average molecular weight is 259 g/mol. The van der Waals surface area contributed by atoms with Gasteiger partial charge in [0.25, 0.3) is 0 Å². The lowest BCUT2D eigenvalue weighted by atomic mass is 10.4. The number of nitrogens with one attached hydrogen (secondary N) is 1. The van der Waals surface area contributed by atoms with E-state index in [1.165, 1.54) is 0 Å². The van der Waals surface area contributed by atoms with Crippen LogP contribution < -0.4 is 11.1 Å². The molecule has 0 saturated heterocycles. The van der Waals surface area contributed by atoms with Crippen LogP contribution in [0.5, 0.6) is 0 Å². The predicted octanol–water partition coefficient (Wildman–Crippen LogP) is 0.835. The number of hydrogen-bond donors (Lipinski definition) is 2. The van der Waals surface area contributed by atoms with Crippen molar-refractivity contribution >= 4 is 27.7 Å². The van der Waals surface area contributed by atoms with Gasteiger partial charge in [-0.3, -0.25) is 4.79 Å². The van der Waals surface area contributed by atoms with E-state index in [2.05, 4.69) is 31.2 Å². The Bertz CT molecular complexity index is 322. The summed E-state index contributed by atoms with van der Waals surface area (Å²) >= 11 is 3.25. The SMILES string of the molecule is Cc1nc(Br)cc(NCCC(N)=O)n1. The monoisotopic (exact) mass is 258 g/mol. The molecule has 0 saturated carbocycles. The Morgan fingerprint density at radius 1 is 1.64 bits per heavy atom. The highest BCUT2D eigenvalue weighted by molar-refractivity contribution is 9.10. The highest BCUT2D eigenvalue weighted by atomic mass is 79.9. The molecule has 3 N–H and O–H groups in total. The second-order valence-corrected chi connectivity index (χ2v) is 3.58. The van der Waals surface area contributed by atoms with Crippen LogP contribution in [0.2, 0.25) is 0 Å². The largest absolute Gasteiger partial charge is 0.370 e. The lowest BCUT2D eigenvalue weighted by Crippen LogP contribution is -2.16. The van der Waals surface area contributed by atoms with E-state index in [1.807, 2.05) is 0 Å². The van der Waals surface area contributed by atoms with Gasteiger partial charge in [-0.1, -0.05) is 0 Å². The molecule has 0 atom stereocenters. The van der Waals surface area contributed by atoms with E-state index >= 15 is 0 Å². The first-order valence-electron chi connectivity index (χ1n) is 4.11. The number of primary amides is 1. The average Bonchev–Trinajstić information content (AvgIpc) is 2.01. The van der Waals surface area contributed by atoms with Crippen molar-refractivity contribution in [3.63, 3.8) is 0 Å². The summed E-state index contributed by atoms with van der Waals surface area (Å²) in [6.07, 6.45) is 0.292. The first kappa shape index (κ1) is 10.9. The number of aryl methyl sites for hydroxylation is 1. The first-order valence-corrected chi connectivity index (χ1v) is 4.90. The number of aromatic nitrogens is 2. The van der Waals surface area contributed by atoms with Crippen molar-refractivity contribution in [2.24, 2.45) is 5.73 Å². The molecule has 1 rings (SSSR count). The molecule has 1 aromatic rings. The molecule has 0 aromatic carbocycles. The quantitative estimate of drug-likeness (QED) is 0.785. The molecule has 1 aromatic heterocycles. The van der Waals surface area contributed by atoms with E-state index in [0.717, 1.165) is 0 Å². The third-order valence-corrected chi connectivity index (χ3v) is 1.89. The van der Waals surface area contributed by atoms with Crippen LogP contribution in [0.4, 0.5) is 5.82 Å². The summed E-state index contributed by atoms with van der Waals surface area (Å²) in [6.45, 7) is 2.28. The zero-order chi connectivity index (χ0) is 10.6. The van der Waals surface area contributed by atoms with E-state index < -0.39 is 0 Å². The standard InChI is InChI=1S/C8H11BrN4O/c1-5-12-6(9)4-8(13-5)11-3-2-7(10)14/h4H,2-3H2,1H3,(H2,10,14)(H,11,12,13). The van der Waals surface area contributed by atoms with Gasteiger partial charge in [0.2, 0.25) is 5.91 Å². The van der Waals surface area contributed by atoms with Gasteiger partial charge in [0.1, 0.15) is 16.2 Å². The van der Waals surface area contributed by atoms with Gasteiger partial charge in [-0.05, 0) is 22.9 Å². The topological polar surface area (TPSA) is 80.9 Å². The number of rotatable bonds is 4. The zero-order valence-corrected chi connectivity index (χ0v) is 9.34. The lowest BCUT2D eigenvalue weighted by Gasteiger charge is -2.04. The fourth-order valence-electron chi connectivity index (χ4n) is 0.936. The van der Waals surface area contributed by atoms with Crippen LogP contribution in [-0.2, 0) is 4.79 Å². The van der Waals surface area contributed by atoms with Gasteiger partial charge in [-0.25, -0.2) is 9.97 Å². The minimum Gasteiger partial charge on any atom is -0.370 e. The van der Waals surface area contributed by atoms with Crippen LogP contribution in [0.1, 0.15) is 12.2 Å². The van der Waals surface area contributed by atoms with Gasteiger partial charge in [0.05, 0.1) is 0 Å². The van der Waals surface area contributed by atoms with Crippen molar-refractivity contribution in [2.45, 2.75) is 13.3 Å². The highest BCUT2D eigenvalue weighted by Gasteiger charge is 1.99. The van der Waals surface area contributed by atoms with Gasteiger partial charge in [0.15, 0.2) is 0 Å². The van der Waals surface area contributed by atoms with Crippen LogP contribution in [0.15, 0.2) is 10.7 Å². The van der Waals surface area contributed by atoms with Gasteiger partial charge in [-0.2, -0.15) is 0 Å². The van der Waals surface area contributed by atoms with Gasteiger partial charge >= 0.3 is 0 Å². The summed E-state index contributed by atoms with van der Waals surface area (Å²) < 4.78 is 0.714. The smallest absolute Gasteiger partial charge is 0.219 e. The summed E-state index contributed by atoms with van der Waals surface area (Å²) in [6, 6.07) is 1.74. The van der Waals surface area contributed by atoms with Gasteiger partial charge < -0.3 is 11.1 Å². The summed E-state index contributed by atoms with van der Waals surface area (Å²) in [5, 5.41) is 2.98. The van der Waals surface area contributed by atoms with Crippen LogP contribution >= 0.6 is 15.9 Å². The van der Waals surface area contributed by atoms with Crippen molar-refractivity contribution in [1.29, 1.82) is 0 Å². The Balaban J connectivity index is 2.54. The van der Waals surface area contributed by atoms with Crippen molar-refractivity contribution < 1.29 is 4.79 Å². The first-order chi connectivity index (χ1) is 6.58. The van der Waals surface area contributed by atoms with E-state index in [0.29, 0.717) is 29.2 Å². The van der Waals surface area contributed by atoms with Crippen molar-refractivity contribution in [1.82, 2.24) is 9.97 Å². The Hall–Kier alpha value is -1.17. The number of carbonyl (C=O) groups excluding carboxylic acids is 1. The van der Waals surface area contributed by atoms with Crippen molar-refractivity contribution in [3.05, 3.63) is 16.5 Å². The molecule has 0 aliphatic carbocycles. The molecule has 0 fully saturated rings. The molecule has 5 nitrogen and oxygen atoms in total. The Morgan fingerprint density at radius 3 is 2.93 bits per heavy atom. The second kappa shape index (κ2) is 4.90. The number of hydrogen-bond acceptors (Lipinski definition) is 4. The summed E-state index contributed by atoms with van der Waals surface area (Å²) in [7, 11) is 0. The molecule has 1 amide bonds. The number of amides is 1. The number of carbonyl (C=O) groups is 1. The predicted molar refractivity (Wildman–Crippen MR) is 56.8 cm³/mol. The molecule has 0 unspecified atom stereocenters. The maximum absolute atomic E-state index is 10.5. The summed E-state index contributed by atoms with van der Waals surface area (Å²) in [5.41, 5.74) is 5.00. The second-order valence-electron chi connectivity index (χ2n) is 2.77. The fourth-order valence-corrected chi connectivity index (χ4v) is 1.41. The third kappa shape index (κ3) is 3.69. The van der Waals surface area contributed by atoms with Crippen LogP contribution in [0.25, 0.3) is 0 Å². The molecular formula is C8H11BrN4O. The molecule has 6 heteroatoms. The third-order valence-electron chi connectivity index (χ3n) is 1.48. The fraction of sp³-hybridized carbons (Fsp3) is 0.375. The Kier molecular flexibility index (Phi) is 3.82. The van der Waals surface area contributed by atoms with E-state index in [-0.39, 0.29) is 5.91 Å². The molecule has 0 radical (unpaired) electrons. The van der Waals surface area contributed by atoms with Gasteiger partial charge in [-0.15, -0.1) is 0 Å². The molecule has 0 bridgehead atoms. The summed E-state index contributed by atoms with van der Waals surface area (Å²) in [5.74, 6) is 1.02. The molecule has 76 valence electrons. The zero-order valence-electron chi connectivity index (χ0n) is 7.75. The number of nitrogens with zero attached hydrogens (tertiary/aromatic N) is 2. The minimum absolute atomic E-state index is 0.292. The highest BCUT2D eigenvalue weighted by Crippen LogP contribution is 2.11. The maximum atomic E-state index is 10.5. The number of anilines is 1. The lowest BCUT2D eigenvalue weighted by molar-refractivity contribution is -0.117. The molecular weight excluding hydrogens is 248 g/mol. The number of nitrogens with two attached hydrogens (primary N) is 1. The molecule has 0 spiro atoms. The maximum Gasteiger partial charge on any atom is 0.219 e. The molecule has 0 aliphatic rings. The summed E-state index contributed by atoms with van der Waals surface area (Å²) in [4.78, 5) is 18.6. The molecule has 1 heterocycles.